The van der Waals surface area contributed by atoms with Crippen LogP contribution in [-0.4, -0.2) is 17.9 Å². The molecule has 0 saturated heterocycles. The normalized spacial score (nSPS) is 12.7. The highest BCUT2D eigenvalue weighted by Gasteiger charge is 2.16. The Morgan fingerprint density at radius 1 is 1.26 bits per heavy atom. The SMILES string of the molecule is C#CCNC(O)/C(=C/c1ccc(Cl)cc1)c1ccc(F)cc1F. The number of hydrogen-bond donors (Lipinski definition) is 2. The zero-order chi connectivity index (χ0) is 16.8. The molecule has 2 aromatic carbocycles. The molecule has 23 heavy (non-hydrogen) atoms. The maximum atomic E-state index is 14.1. The van der Waals surface area contributed by atoms with Crippen molar-refractivity contribution in [1.29, 1.82) is 0 Å². The van der Waals surface area contributed by atoms with E-state index in [0.717, 1.165) is 12.1 Å². The van der Waals surface area contributed by atoms with Gasteiger partial charge in [0.2, 0.25) is 0 Å². The van der Waals surface area contributed by atoms with Gasteiger partial charge in [-0.15, -0.1) is 6.42 Å². The van der Waals surface area contributed by atoms with Crippen LogP contribution in [0.2, 0.25) is 5.02 Å². The summed E-state index contributed by atoms with van der Waals surface area (Å²) >= 11 is 5.83. The lowest BCUT2D eigenvalue weighted by atomic mass is 10.0. The third-order valence-electron chi connectivity index (χ3n) is 3.13. The summed E-state index contributed by atoms with van der Waals surface area (Å²) in [6, 6.07) is 9.95. The van der Waals surface area contributed by atoms with Gasteiger partial charge >= 0.3 is 0 Å². The van der Waals surface area contributed by atoms with Crippen molar-refractivity contribution in [2.24, 2.45) is 0 Å². The number of terminal acetylenes is 1. The average Bonchev–Trinajstić information content (AvgIpc) is 2.53. The summed E-state index contributed by atoms with van der Waals surface area (Å²) < 4.78 is 27.2. The number of aliphatic hydroxyl groups is 1. The van der Waals surface area contributed by atoms with E-state index in [2.05, 4.69) is 11.2 Å². The topological polar surface area (TPSA) is 32.3 Å². The molecule has 0 bridgehead atoms. The average molecular weight is 334 g/mol. The molecule has 118 valence electrons. The fraction of sp³-hybridized carbons (Fsp3) is 0.111. The molecular formula is C18H14ClF2NO. The fourth-order valence-corrected chi connectivity index (χ4v) is 2.16. The minimum Gasteiger partial charge on any atom is -0.374 e. The van der Waals surface area contributed by atoms with Gasteiger partial charge in [0, 0.05) is 22.2 Å². The number of benzene rings is 2. The van der Waals surface area contributed by atoms with Crippen LogP contribution in [0.3, 0.4) is 0 Å². The highest BCUT2D eigenvalue weighted by atomic mass is 35.5. The summed E-state index contributed by atoms with van der Waals surface area (Å²) in [5, 5.41) is 13.5. The Kier molecular flexibility index (Phi) is 5.89. The number of nitrogens with one attached hydrogen (secondary N) is 1. The van der Waals surface area contributed by atoms with Crippen LogP contribution in [0.4, 0.5) is 8.78 Å². The second kappa shape index (κ2) is 7.89. The second-order valence-electron chi connectivity index (χ2n) is 4.76. The first kappa shape index (κ1) is 17.2. The molecule has 5 heteroatoms. The molecule has 0 heterocycles. The first-order valence-corrected chi connectivity index (χ1v) is 7.16. The molecule has 2 nitrogen and oxygen atoms in total. The molecule has 0 aliphatic rings. The number of halogens is 3. The summed E-state index contributed by atoms with van der Waals surface area (Å²) in [4.78, 5) is 0. The molecule has 1 atom stereocenters. The third kappa shape index (κ3) is 4.64. The Bertz CT molecular complexity index is 751. The molecule has 0 radical (unpaired) electrons. The Morgan fingerprint density at radius 3 is 2.57 bits per heavy atom. The second-order valence-corrected chi connectivity index (χ2v) is 5.20. The van der Waals surface area contributed by atoms with Crippen molar-refractivity contribution in [3.63, 3.8) is 0 Å². The van der Waals surface area contributed by atoms with Gasteiger partial charge in [0.1, 0.15) is 17.9 Å². The lowest BCUT2D eigenvalue weighted by molar-refractivity contribution is 0.200. The largest absolute Gasteiger partial charge is 0.374 e. The Morgan fingerprint density at radius 2 is 1.96 bits per heavy atom. The Balaban J connectivity index is 2.46. The van der Waals surface area contributed by atoms with Crippen LogP contribution < -0.4 is 5.32 Å². The summed E-state index contributed by atoms with van der Waals surface area (Å²) in [6.45, 7) is 0.0991. The van der Waals surface area contributed by atoms with E-state index >= 15 is 0 Å². The van der Waals surface area contributed by atoms with Crippen LogP contribution in [0, 0.1) is 24.0 Å². The lowest BCUT2D eigenvalue weighted by Crippen LogP contribution is -2.30. The monoisotopic (exact) mass is 333 g/mol. The van der Waals surface area contributed by atoms with Crippen LogP contribution in [0.15, 0.2) is 42.5 Å². The summed E-state index contributed by atoms with van der Waals surface area (Å²) in [5.74, 6) is 0.867. The molecule has 0 amide bonds. The van der Waals surface area contributed by atoms with Crippen LogP contribution in [0.1, 0.15) is 11.1 Å². The highest BCUT2D eigenvalue weighted by Crippen LogP contribution is 2.25. The number of hydrogen-bond acceptors (Lipinski definition) is 2. The molecule has 2 N–H and O–H groups in total. The molecule has 0 aliphatic carbocycles. The van der Waals surface area contributed by atoms with E-state index in [1.165, 1.54) is 6.07 Å². The zero-order valence-corrected chi connectivity index (χ0v) is 12.8. The lowest BCUT2D eigenvalue weighted by Gasteiger charge is -2.17. The summed E-state index contributed by atoms with van der Waals surface area (Å²) in [7, 11) is 0. The van der Waals surface area contributed by atoms with Gasteiger partial charge in [-0.1, -0.05) is 29.7 Å². The van der Waals surface area contributed by atoms with Crippen LogP contribution in [-0.2, 0) is 0 Å². The molecule has 0 aromatic heterocycles. The van der Waals surface area contributed by atoms with E-state index in [0.29, 0.717) is 10.6 Å². The fourth-order valence-electron chi connectivity index (χ4n) is 2.03. The Labute approximate surface area is 138 Å². The van der Waals surface area contributed by atoms with Crippen molar-refractivity contribution < 1.29 is 13.9 Å². The van der Waals surface area contributed by atoms with E-state index in [-0.39, 0.29) is 17.7 Å². The maximum Gasteiger partial charge on any atom is 0.133 e. The zero-order valence-electron chi connectivity index (χ0n) is 12.1. The molecule has 2 aromatic rings. The van der Waals surface area contributed by atoms with Crippen LogP contribution in [0.5, 0.6) is 0 Å². The third-order valence-corrected chi connectivity index (χ3v) is 3.38. The van der Waals surface area contributed by atoms with Gasteiger partial charge in [0.05, 0.1) is 6.54 Å². The predicted molar refractivity (Wildman–Crippen MR) is 88.5 cm³/mol. The predicted octanol–water partition coefficient (Wildman–Crippen LogP) is 3.70. The van der Waals surface area contributed by atoms with Crippen LogP contribution >= 0.6 is 11.6 Å². The molecule has 0 fully saturated rings. The van der Waals surface area contributed by atoms with Crippen molar-refractivity contribution in [1.82, 2.24) is 5.32 Å². The van der Waals surface area contributed by atoms with Gasteiger partial charge in [-0.2, -0.15) is 0 Å². The summed E-state index contributed by atoms with van der Waals surface area (Å²) in [6.07, 6.45) is 5.53. The van der Waals surface area contributed by atoms with Crippen molar-refractivity contribution >= 4 is 23.3 Å². The molecular weight excluding hydrogens is 320 g/mol. The Hall–Kier alpha value is -2.19. The van der Waals surface area contributed by atoms with Gasteiger partial charge < -0.3 is 5.11 Å². The van der Waals surface area contributed by atoms with Gasteiger partial charge in [-0.25, -0.2) is 8.78 Å². The molecule has 1 unspecified atom stereocenters. The van der Waals surface area contributed by atoms with Gasteiger partial charge in [-0.3, -0.25) is 5.32 Å². The van der Waals surface area contributed by atoms with Crippen molar-refractivity contribution in [3.05, 3.63) is 70.2 Å². The van der Waals surface area contributed by atoms with E-state index in [4.69, 9.17) is 18.0 Å². The smallest absolute Gasteiger partial charge is 0.133 e. The van der Waals surface area contributed by atoms with E-state index in [1.54, 1.807) is 30.3 Å². The van der Waals surface area contributed by atoms with Crippen LogP contribution in [0.25, 0.3) is 11.6 Å². The molecule has 0 aliphatic heterocycles. The first-order chi connectivity index (χ1) is 11.0. The number of rotatable bonds is 5. The van der Waals surface area contributed by atoms with Gasteiger partial charge in [0.15, 0.2) is 0 Å². The van der Waals surface area contributed by atoms with Gasteiger partial charge in [-0.05, 0) is 35.9 Å². The van der Waals surface area contributed by atoms with E-state index < -0.39 is 17.9 Å². The van der Waals surface area contributed by atoms with Crippen molar-refractivity contribution in [2.75, 3.05) is 6.54 Å². The highest BCUT2D eigenvalue weighted by molar-refractivity contribution is 6.30. The minimum atomic E-state index is -1.21. The van der Waals surface area contributed by atoms with E-state index in [9.17, 15) is 13.9 Å². The number of aliphatic hydroxyl groups excluding tert-OH is 1. The molecule has 0 spiro atoms. The minimum absolute atomic E-state index is 0.0818. The molecule has 0 saturated carbocycles. The standard InChI is InChI=1S/C18H14ClF2NO/c1-2-9-22-18(23)16(10-12-3-5-13(19)6-4-12)15-8-7-14(20)11-17(15)21/h1,3-8,10-11,18,22-23H,9H2/b16-10+. The first-order valence-electron chi connectivity index (χ1n) is 6.79. The van der Waals surface area contributed by atoms with Crippen molar-refractivity contribution in [2.45, 2.75) is 6.23 Å². The summed E-state index contributed by atoms with van der Waals surface area (Å²) in [5.41, 5.74) is 1.02. The molecule has 2 rings (SSSR count). The van der Waals surface area contributed by atoms with E-state index in [1.807, 2.05) is 0 Å². The maximum absolute atomic E-state index is 14.1. The van der Waals surface area contributed by atoms with Crippen molar-refractivity contribution in [3.8, 4) is 12.3 Å². The van der Waals surface area contributed by atoms with Gasteiger partial charge in [0.25, 0.3) is 0 Å². The quantitative estimate of drug-likeness (QED) is 0.497.